The molecule has 20 heavy (non-hydrogen) atoms. The van der Waals surface area contributed by atoms with Gasteiger partial charge in [0.25, 0.3) is 0 Å². The minimum atomic E-state index is -1.14. The number of carbonyl (C=O) groups is 1. The fourth-order valence-electron chi connectivity index (χ4n) is 2.24. The maximum Gasteiger partial charge on any atom is 0.355 e. The minimum absolute atomic E-state index is 0.157. The lowest BCUT2D eigenvalue weighted by molar-refractivity contribution is -0.130. The molecule has 1 unspecified atom stereocenters. The normalized spacial score (nSPS) is 18.8. The number of aliphatic carboxylic acids is 1. The summed E-state index contributed by atoms with van der Waals surface area (Å²) in [6.45, 7) is 4.94. The second kappa shape index (κ2) is 8.74. The van der Waals surface area contributed by atoms with Crippen LogP contribution in [-0.4, -0.2) is 39.6 Å². The number of hydrogen-bond acceptors (Lipinski definition) is 4. The third-order valence-corrected chi connectivity index (χ3v) is 3.44. The van der Waals surface area contributed by atoms with E-state index < -0.39 is 12.1 Å². The summed E-state index contributed by atoms with van der Waals surface area (Å²) in [4.78, 5) is 11.2. The van der Waals surface area contributed by atoms with E-state index in [1.807, 2.05) is 6.20 Å². The molecule has 5 heteroatoms. The van der Waals surface area contributed by atoms with E-state index in [0.717, 1.165) is 50.5 Å². The largest absolute Gasteiger partial charge is 0.477 e. The molecule has 0 aliphatic carbocycles. The molecule has 1 heterocycles. The van der Waals surface area contributed by atoms with Crippen LogP contribution in [0.3, 0.4) is 0 Å². The lowest BCUT2D eigenvalue weighted by Crippen LogP contribution is -2.37. The van der Waals surface area contributed by atoms with Crippen molar-refractivity contribution in [2.75, 3.05) is 6.54 Å². The van der Waals surface area contributed by atoms with Gasteiger partial charge >= 0.3 is 5.97 Å². The molecule has 0 radical (unpaired) electrons. The highest BCUT2D eigenvalue weighted by atomic mass is 16.4. The fraction of sp³-hybridized carbons (Fsp3) is 0.733. The van der Waals surface area contributed by atoms with E-state index in [1.165, 1.54) is 0 Å². The van der Waals surface area contributed by atoms with E-state index in [9.17, 15) is 9.90 Å². The Kier molecular flexibility index (Phi) is 7.30. The number of carboxylic acid groups (broad SMARTS) is 1. The summed E-state index contributed by atoms with van der Waals surface area (Å²) in [6, 6.07) is 0. The second-order valence-corrected chi connectivity index (χ2v) is 5.22. The number of carboxylic acids is 1. The topological polar surface area (TPSA) is 73.1 Å². The molecular weight excluding hydrogens is 256 g/mol. The zero-order valence-corrected chi connectivity index (χ0v) is 12.5. The van der Waals surface area contributed by atoms with Crippen molar-refractivity contribution < 1.29 is 15.0 Å². The van der Waals surface area contributed by atoms with Crippen molar-refractivity contribution in [2.24, 2.45) is 5.10 Å². The molecule has 1 aliphatic heterocycles. The standard InChI is InChI=1S/C15H26N2O3/c1-3-5-7-9-12-11-17(10-8-6-4-2)16-13(14(12)18)15(19)20/h11,14,18H,3-10H2,1-2H3,(H,19,20). The summed E-state index contributed by atoms with van der Waals surface area (Å²) in [6.07, 6.45) is 7.81. The lowest BCUT2D eigenvalue weighted by Gasteiger charge is -2.26. The summed E-state index contributed by atoms with van der Waals surface area (Å²) in [7, 11) is 0. The second-order valence-electron chi connectivity index (χ2n) is 5.22. The van der Waals surface area contributed by atoms with Crippen LogP contribution in [0.25, 0.3) is 0 Å². The van der Waals surface area contributed by atoms with Gasteiger partial charge in [-0.05, 0) is 24.8 Å². The molecule has 0 aromatic rings. The van der Waals surface area contributed by atoms with Gasteiger partial charge in [-0.3, -0.25) is 5.01 Å². The van der Waals surface area contributed by atoms with Gasteiger partial charge < -0.3 is 10.2 Å². The van der Waals surface area contributed by atoms with Crippen molar-refractivity contribution in [3.8, 4) is 0 Å². The predicted molar refractivity (Wildman–Crippen MR) is 79.5 cm³/mol. The highest BCUT2D eigenvalue weighted by Crippen LogP contribution is 2.20. The third kappa shape index (κ3) is 4.96. The quantitative estimate of drug-likeness (QED) is 0.638. The Morgan fingerprint density at radius 3 is 2.50 bits per heavy atom. The molecule has 0 aromatic carbocycles. The van der Waals surface area contributed by atoms with Crippen molar-refractivity contribution >= 4 is 11.7 Å². The van der Waals surface area contributed by atoms with Crippen molar-refractivity contribution in [3.63, 3.8) is 0 Å². The van der Waals surface area contributed by atoms with Gasteiger partial charge in [0.15, 0.2) is 5.71 Å². The Bertz CT molecular complexity index is 377. The fourth-order valence-corrected chi connectivity index (χ4v) is 2.24. The molecule has 1 aliphatic rings. The maximum absolute atomic E-state index is 11.2. The molecule has 1 atom stereocenters. The number of aliphatic hydroxyl groups excluding tert-OH is 1. The molecule has 0 amide bonds. The Morgan fingerprint density at radius 2 is 1.90 bits per heavy atom. The van der Waals surface area contributed by atoms with E-state index in [1.54, 1.807) is 5.01 Å². The van der Waals surface area contributed by atoms with E-state index in [-0.39, 0.29) is 5.71 Å². The molecular formula is C15H26N2O3. The van der Waals surface area contributed by atoms with Crippen LogP contribution in [-0.2, 0) is 4.79 Å². The highest BCUT2D eigenvalue weighted by molar-refractivity contribution is 6.38. The van der Waals surface area contributed by atoms with Gasteiger partial charge in [-0.15, -0.1) is 0 Å². The number of aliphatic hydroxyl groups is 1. The van der Waals surface area contributed by atoms with Crippen LogP contribution in [0.5, 0.6) is 0 Å². The molecule has 0 spiro atoms. The van der Waals surface area contributed by atoms with Crippen LogP contribution < -0.4 is 0 Å². The molecule has 0 saturated carbocycles. The number of hydrogen-bond donors (Lipinski definition) is 2. The first-order valence-corrected chi connectivity index (χ1v) is 7.57. The zero-order chi connectivity index (χ0) is 15.0. The Labute approximate surface area is 121 Å². The highest BCUT2D eigenvalue weighted by Gasteiger charge is 2.28. The van der Waals surface area contributed by atoms with Crippen molar-refractivity contribution in [2.45, 2.75) is 64.9 Å². The summed E-state index contributed by atoms with van der Waals surface area (Å²) < 4.78 is 0. The van der Waals surface area contributed by atoms with Crippen LogP contribution in [0.2, 0.25) is 0 Å². The number of rotatable bonds is 9. The van der Waals surface area contributed by atoms with Gasteiger partial charge in [-0.1, -0.05) is 39.5 Å². The molecule has 0 bridgehead atoms. The van der Waals surface area contributed by atoms with E-state index in [4.69, 9.17) is 5.11 Å². The van der Waals surface area contributed by atoms with Crippen LogP contribution in [0.1, 0.15) is 58.8 Å². The third-order valence-electron chi connectivity index (χ3n) is 3.44. The first-order chi connectivity index (χ1) is 9.60. The van der Waals surface area contributed by atoms with Crippen molar-refractivity contribution in [1.82, 2.24) is 5.01 Å². The van der Waals surface area contributed by atoms with Crippen LogP contribution >= 0.6 is 0 Å². The van der Waals surface area contributed by atoms with Crippen LogP contribution in [0, 0.1) is 0 Å². The van der Waals surface area contributed by atoms with Gasteiger partial charge in [0, 0.05) is 12.7 Å². The van der Waals surface area contributed by atoms with E-state index in [0.29, 0.717) is 6.54 Å². The summed E-state index contributed by atoms with van der Waals surface area (Å²) in [5, 5.41) is 24.9. The molecule has 0 fully saturated rings. The number of unbranched alkanes of at least 4 members (excludes halogenated alkanes) is 4. The van der Waals surface area contributed by atoms with Crippen LogP contribution in [0.4, 0.5) is 0 Å². The molecule has 1 rings (SSSR count). The first kappa shape index (κ1) is 16.7. The van der Waals surface area contributed by atoms with Gasteiger partial charge in [0.05, 0.1) is 0 Å². The monoisotopic (exact) mass is 282 g/mol. The molecule has 2 N–H and O–H groups in total. The Hall–Kier alpha value is -1.36. The molecule has 0 aromatic heterocycles. The molecule has 114 valence electrons. The number of nitrogens with zero attached hydrogens (tertiary/aromatic N) is 2. The Balaban J connectivity index is 2.72. The minimum Gasteiger partial charge on any atom is -0.477 e. The number of hydrazone groups is 1. The lowest BCUT2D eigenvalue weighted by atomic mass is 9.98. The average molecular weight is 282 g/mol. The van der Waals surface area contributed by atoms with E-state index in [2.05, 4.69) is 18.9 Å². The SMILES string of the molecule is CCCCCC1=CN(CCCCC)N=C(C(=O)O)C1O. The summed E-state index contributed by atoms with van der Waals surface area (Å²) in [5.74, 6) is -1.14. The smallest absolute Gasteiger partial charge is 0.355 e. The van der Waals surface area contributed by atoms with Gasteiger partial charge in [-0.2, -0.15) is 5.10 Å². The predicted octanol–water partition coefficient (Wildman–Crippen LogP) is 2.76. The van der Waals surface area contributed by atoms with Crippen molar-refractivity contribution in [3.05, 3.63) is 11.8 Å². The van der Waals surface area contributed by atoms with Crippen LogP contribution in [0.15, 0.2) is 16.9 Å². The van der Waals surface area contributed by atoms with Crippen molar-refractivity contribution in [1.29, 1.82) is 0 Å². The maximum atomic E-state index is 11.2. The molecule has 0 saturated heterocycles. The average Bonchev–Trinajstić information content (AvgIpc) is 2.42. The first-order valence-electron chi connectivity index (χ1n) is 7.57. The van der Waals surface area contributed by atoms with Gasteiger partial charge in [0.1, 0.15) is 6.10 Å². The van der Waals surface area contributed by atoms with E-state index >= 15 is 0 Å². The van der Waals surface area contributed by atoms with Gasteiger partial charge in [0.2, 0.25) is 0 Å². The zero-order valence-electron chi connectivity index (χ0n) is 12.5. The summed E-state index contributed by atoms with van der Waals surface area (Å²) >= 11 is 0. The summed E-state index contributed by atoms with van der Waals surface area (Å²) in [5.41, 5.74) is 0.609. The van der Waals surface area contributed by atoms with Gasteiger partial charge in [-0.25, -0.2) is 4.79 Å². The molecule has 5 nitrogen and oxygen atoms in total. The Morgan fingerprint density at radius 1 is 1.25 bits per heavy atom.